The van der Waals surface area contributed by atoms with E-state index in [1.807, 2.05) is 13.8 Å². The van der Waals surface area contributed by atoms with Crippen molar-refractivity contribution in [1.29, 1.82) is 0 Å². The number of carbonyl (C=O) groups excluding carboxylic acids is 2. The Morgan fingerprint density at radius 3 is 2.62 bits per heavy atom. The van der Waals surface area contributed by atoms with Gasteiger partial charge in [0, 0.05) is 16.3 Å². The lowest BCUT2D eigenvalue weighted by Gasteiger charge is -2.13. The van der Waals surface area contributed by atoms with Crippen molar-refractivity contribution >= 4 is 35.1 Å². The van der Waals surface area contributed by atoms with Crippen LogP contribution in [-0.2, 0) is 20.7 Å². The zero-order chi connectivity index (χ0) is 19.4. The predicted octanol–water partition coefficient (Wildman–Crippen LogP) is 3.41. The molecule has 1 aromatic carbocycles. The van der Waals surface area contributed by atoms with E-state index in [9.17, 15) is 9.59 Å². The van der Waals surface area contributed by atoms with Crippen LogP contribution >= 0.6 is 23.2 Å². The SMILES string of the molecule is CCOC(=O)C(C)NC(=O)Cc1c(C)nn(-c2ccc(Cl)cc2Cl)c1C. The fourth-order valence-electron chi connectivity index (χ4n) is 2.60. The van der Waals surface area contributed by atoms with Crippen molar-refractivity contribution in [3.8, 4) is 5.69 Å². The summed E-state index contributed by atoms with van der Waals surface area (Å²) >= 11 is 12.2. The minimum absolute atomic E-state index is 0.104. The summed E-state index contributed by atoms with van der Waals surface area (Å²) in [6.45, 7) is 7.26. The molecular formula is C18H21Cl2N3O3. The Morgan fingerprint density at radius 2 is 2.00 bits per heavy atom. The Morgan fingerprint density at radius 1 is 1.31 bits per heavy atom. The lowest BCUT2D eigenvalue weighted by molar-refractivity contribution is -0.146. The van der Waals surface area contributed by atoms with Gasteiger partial charge < -0.3 is 10.1 Å². The molecule has 1 atom stereocenters. The van der Waals surface area contributed by atoms with E-state index in [0.29, 0.717) is 21.4 Å². The van der Waals surface area contributed by atoms with Crippen LogP contribution in [-0.4, -0.2) is 34.3 Å². The minimum atomic E-state index is -0.705. The van der Waals surface area contributed by atoms with Crippen LogP contribution in [0.2, 0.25) is 10.0 Å². The molecule has 0 saturated carbocycles. The highest BCUT2D eigenvalue weighted by molar-refractivity contribution is 6.35. The van der Waals surface area contributed by atoms with Crippen LogP contribution in [0.15, 0.2) is 18.2 Å². The van der Waals surface area contributed by atoms with E-state index in [1.165, 1.54) is 0 Å². The summed E-state index contributed by atoms with van der Waals surface area (Å²) in [6.07, 6.45) is 0.104. The highest BCUT2D eigenvalue weighted by atomic mass is 35.5. The molecule has 0 bridgehead atoms. The summed E-state index contributed by atoms with van der Waals surface area (Å²) in [7, 11) is 0. The Kier molecular flexibility index (Phi) is 6.67. The number of carbonyl (C=O) groups is 2. The van der Waals surface area contributed by atoms with Gasteiger partial charge in [-0.15, -0.1) is 0 Å². The molecule has 2 rings (SSSR count). The van der Waals surface area contributed by atoms with E-state index >= 15 is 0 Å². The number of nitrogens with zero attached hydrogens (tertiary/aromatic N) is 2. The van der Waals surface area contributed by atoms with Crippen molar-refractivity contribution < 1.29 is 14.3 Å². The monoisotopic (exact) mass is 397 g/mol. The normalized spacial score (nSPS) is 11.9. The number of amides is 1. The van der Waals surface area contributed by atoms with Gasteiger partial charge in [-0.2, -0.15) is 5.10 Å². The Bertz CT molecular complexity index is 833. The number of aromatic nitrogens is 2. The van der Waals surface area contributed by atoms with Crippen molar-refractivity contribution in [2.75, 3.05) is 6.61 Å². The average Bonchev–Trinajstić information content (AvgIpc) is 2.83. The first-order chi connectivity index (χ1) is 12.2. The molecule has 0 aliphatic rings. The maximum atomic E-state index is 12.3. The molecule has 1 aromatic heterocycles. The predicted molar refractivity (Wildman–Crippen MR) is 101 cm³/mol. The number of hydrogen-bond donors (Lipinski definition) is 1. The van der Waals surface area contributed by atoms with Crippen molar-refractivity contribution in [1.82, 2.24) is 15.1 Å². The minimum Gasteiger partial charge on any atom is -0.464 e. The number of aryl methyl sites for hydroxylation is 1. The van der Waals surface area contributed by atoms with Crippen LogP contribution in [0.4, 0.5) is 0 Å². The average molecular weight is 398 g/mol. The van der Waals surface area contributed by atoms with Crippen molar-refractivity contribution in [2.45, 2.75) is 40.2 Å². The summed E-state index contributed by atoms with van der Waals surface area (Å²) in [5.41, 5.74) is 2.98. The molecule has 26 heavy (non-hydrogen) atoms. The third-order valence-corrected chi connectivity index (χ3v) is 4.47. The molecule has 0 saturated heterocycles. The number of rotatable bonds is 6. The first-order valence-electron chi connectivity index (χ1n) is 8.21. The molecule has 0 fully saturated rings. The highest BCUT2D eigenvalue weighted by Crippen LogP contribution is 2.27. The van der Waals surface area contributed by atoms with Gasteiger partial charge in [-0.05, 0) is 45.9 Å². The summed E-state index contributed by atoms with van der Waals surface area (Å²) in [4.78, 5) is 23.9. The quantitative estimate of drug-likeness (QED) is 0.757. The zero-order valence-electron chi connectivity index (χ0n) is 15.1. The molecule has 8 heteroatoms. The van der Waals surface area contributed by atoms with Crippen molar-refractivity contribution in [2.24, 2.45) is 0 Å². The largest absolute Gasteiger partial charge is 0.464 e. The first-order valence-corrected chi connectivity index (χ1v) is 8.96. The standard InChI is InChI=1S/C18H21Cl2N3O3/c1-5-26-18(25)11(3)21-17(24)9-14-10(2)22-23(12(14)4)16-7-6-13(19)8-15(16)20/h6-8,11H,5,9H2,1-4H3,(H,21,24). The fraction of sp³-hybridized carbons (Fsp3) is 0.389. The van der Waals surface area contributed by atoms with Gasteiger partial charge in [-0.25, -0.2) is 9.48 Å². The van der Waals surface area contributed by atoms with Gasteiger partial charge in [-0.3, -0.25) is 4.79 Å². The van der Waals surface area contributed by atoms with E-state index in [-0.39, 0.29) is 18.9 Å². The van der Waals surface area contributed by atoms with Gasteiger partial charge in [0.05, 0.1) is 29.4 Å². The van der Waals surface area contributed by atoms with Crippen LogP contribution in [0, 0.1) is 13.8 Å². The molecule has 0 aliphatic heterocycles. The van der Waals surface area contributed by atoms with Crippen LogP contribution in [0.1, 0.15) is 30.8 Å². The van der Waals surface area contributed by atoms with Crippen LogP contribution in [0.3, 0.4) is 0 Å². The van der Waals surface area contributed by atoms with Crippen LogP contribution < -0.4 is 5.32 Å². The summed E-state index contributed by atoms with van der Waals surface area (Å²) < 4.78 is 6.58. The molecule has 2 aromatic rings. The third kappa shape index (κ3) is 4.56. The maximum Gasteiger partial charge on any atom is 0.328 e. The summed E-state index contributed by atoms with van der Waals surface area (Å²) in [6, 6.07) is 4.44. The van der Waals surface area contributed by atoms with Gasteiger partial charge in [0.15, 0.2) is 0 Å². The lowest BCUT2D eigenvalue weighted by Crippen LogP contribution is -2.40. The van der Waals surface area contributed by atoms with Gasteiger partial charge >= 0.3 is 5.97 Å². The second kappa shape index (κ2) is 8.56. The first kappa shape index (κ1) is 20.3. The van der Waals surface area contributed by atoms with Crippen LogP contribution in [0.5, 0.6) is 0 Å². The van der Waals surface area contributed by atoms with Gasteiger partial charge in [0.1, 0.15) is 6.04 Å². The topological polar surface area (TPSA) is 73.2 Å². The van der Waals surface area contributed by atoms with Gasteiger partial charge in [-0.1, -0.05) is 23.2 Å². The summed E-state index contributed by atoms with van der Waals surface area (Å²) in [5, 5.41) is 8.13. The van der Waals surface area contributed by atoms with E-state index < -0.39 is 12.0 Å². The smallest absolute Gasteiger partial charge is 0.328 e. The van der Waals surface area contributed by atoms with E-state index in [2.05, 4.69) is 10.4 Å². The highest BCUT2D eigenvalue weighted by Gasteiger charge is 2.20. The zero-order valence-corrected chi connectivity index (χ0v) is 16.6. The molecule has 140 valence electrons. The van der Waals surface area contributed by atoms with Crippen LogP contribution in [0.25, 0.3) is 5.69 Å². The molecular weight excluding hydrogens is 377 g/mol. The number of hydrogen-bond acceptors (Lipinski definition) is 4. The number of benzene rings is 1. The fourth-order valence-corrected chi connectivity index (χ4v) is 3.09. The number of esters is 1. The summed E-state index contributed by atoms with van der Waals surface area (Å²) in [5.74, 6) is -0.739. The van der Waals surface area contributed by atoms with Gasteiger partial charge in [0.25, 0.3) is 0 Å². The number of halogens is 2. The molecule has 6 nitrogen and oxygen atoms in total. The Hall–Kier alpha value is -2.05. The molecule has 0 radical (unpaired) electrons. The molecule has 1 unspecified atom stereocenters. The second-order valence-electron chi connectivity index (χ2n) is 5.87. The molecule has 0 aliphatic carbocycles. The Labute approximate surface area is 162 Å². The Balaban J connectivity index is 2.20. The lowest BCUT2D eigenvalue weighted by atomic mass is 10.1. The third-order valence-electron chi connectivity index (χ3n) is 3.93. The van der Waals surface area contributed by atoms with Crippen molar-refractivity contribution in [3.05, 3.63) is 45.2 Å². The van der Waals surface area contributed by atoms with E-state index in [1.54, 1.807) is 36.7 Å². The van der Waals surface area contributed by atoms with E-state index in [0.717, 1.165) is 11.3 Å². The maximum absolute atomic E-state index is 12.3. The molecule has 1 amide bonds. The molecule has 0 spiro atoms. The van der Waals surface area contributed by atoms with E-state index in [4.69, 9.17) is 27.9 Å². The number of ether oxygens (including phenoxy) is 1. The second-order valence-corrected chi connectivity index (χ2v) is 6.72. The number of nitrogens with one attached hydrogen (secondary N) is 1. The molecule has 1 heterocycles. The van der Waals surface area contributed by atoms with Crippen molar-refractivity contribution in [3.63, 3.8) is 0 Å². The molecule has 1 N–H and O–H groups in total. The van der Waals surface area contributed by atoms with Gasteiger partial charge in [0.2, 0.25) is 5.91 Å².